The fourth-order valence-electron chi connectivity index (χ4n) is 4.77. The van der Waals surface area contributed by atoms with E-state index in [1.54, 1.807) is 18.3 Å². The molecule has 2 atom stereocenters. The molecule has 4 heterocycles. The summed E-state index contributed by atoms with van der Waals surface area (Å²) in [6.45, 7) is 1.38. The van der Waals surface area contributed by atoms with Crippen LogP contribution in [0.4, 0.5) is 13.2 Å². The van der Waals surface area contributed by atoms with Crippen LogP contribution in [0, 0.1) is 11.2 Å². The molecule has 2 aliphatic rings. The van der Waals surface area contributed by atoms with Gasteiger partial charge in [-0.2, -0.15) is 13.9 Å². The number of aromatic nitrogens is 3. The molecule has 6 nitrogen and oxygen atoms in total. The van der Waals surface area contributed by atoms with Crippen LogP contribution in [-0.2, 0) is 0 Å². The van der Waals surface area contributed by atoms with Crippen molar-refractivity contribution in [2.75, 3.05) is 13.2 Å². The van der Waals surface area contributed by atoms with E-state index in [-0.39, 0.29) is 11.6 Å². The molecule has 1 fully saturated rings. The molecule has 2 aliphatic heterocycles. The number of aliphatic hydroxyl groups is 1. The van der Waals surface area contributed by atoms with Crippen LogP contribution in [0.2, 0.25) is 5.02 Å². The number of thiazole rings is 1. The zero-order valence-electron chi connectivity index (χ0n) is 18.4. The molecule has 2 aromatic heterocycles. The quantitative estimate of drug-likeness (QED) is 0.407. The number of benzene rings is 1. The van der Waals surface area contributed by atoms with Gasteiger partial charge >= 0.3 is 6.55 Å². The first-order valence-corrected chi connectivity index (χ1v) is 12.1. The number of alkyl halides is 2. The summed E-state index contributed by atoms with van der Waals surface area (Å²) in [4.78, 5) is 11.4. The number of aliphatic imine (C=N–C) groups is 1. The Balaban J connectivity index is 1.76. The van der Waals surface area contributed by atoms with Crippen LogP contribution in [0.5, 0.6) is 0 Å². The lowest BCUT2D eigenvalue weighted by Crippen LogP contribution is -2.36. The Kier molecular flexibility index (Phi) is 6.29. The average Bonchev–Trinajstić information content (AvgIpc) is 3.58. The van der Waals surface area contributed by atoms with Crippen molar-refractivity contribution in [2.24, 2.45) is 10.4 Å². The van der Waals surface area contributed by atoms with E-state index in [1.165, 1.54) is 35.9 Å². The van der Waals surface area contributed by atoms with Gasteiger partial charge in [-0.3, -0.25) is 4.99 Å². The summed E-state index contributed by atoms with van der Waals surface area (Å²) in [6.07, 6.45) is 7.06. The summed E-state index contributed by atoms with van der Waals surface area (Å²) in [6, 6.07) is 3.33. The normalized spacial score (nSPS) is 22.1. The lowest BCUT2D eigenvalue weighted by molar-refractivity contribution is 0.0566. The van der Waals surface area contributed by atoms with E-state index in [9.17, 15) is 18.3 Å². The standard InChI is InChI=1S/C24H21ClF3N5OS/c1-2-5-24(13-34)9-18-19(14-10-30-33(11-14)23(27)28)20(16-4-3-15(26)8-17(16)25)31-21(32(18)12-24)22-29-6-7-35-22/h2-4,6-8,10-11,20,23,34H,1,5,9,12-13H2/t20-,24+/m0/s1. The van der Waals surface area contributed by atoms with E-state index in [1.807, 2.05) is 10.3 Å². The number of halogens is 4. The zero-order valence-corrected chi connectivity index (χ0v) is 20.0. The Morgan fingerprint density at radius 2 is 2.20 bits per heavy atom. The molecular formula is C24H21ClF3N5OS. The fraction of sp³-hybridized carbons (Fsp3) is 0.292. The molecule has 0 saturated carbocycles. The Morgan fingerprint density at radius 3 is 2.83 bits per heavy atom. The zero-order chi connectivity index (χ0) is 24.7. The van der Waals surface area contributed by atoms with Gasteiger partial charge in [0.2, 0.25) is 0 Å². The molecule has 0 amide bonds. The van der Waals surface area contributed by atoms with Gasteiger partial charge in [0.05, 0.1) is 12.8 Å². The molecule has 0 radical (unpaired) electrons. The van der Waals surface area contributed by atoms with E-state index in [0.29, 0.717) is 51.6 Å². The number of hydrogen-bond acceptors (Lipinski definition) is 6. The van der Waals surface area contributed by atoms with Crippen LogP contribution >= 0.6 is 22.9 Å². The third-order valence-corrected chi connectivity index (χ3v) is 7.46. The van der Waals surface area contributed by atoms with Crippen LogP contribution in [0.25, 0.3) is 5.57 Å². The van der Waals surface area contributed by atoms with Gasteiger partial charge in [0.1, 0.15) is 11.9 Å². The lowest BCUT2D eigenvalue weighted by atomic mass is 9.82. The van der Waals surface area contributed by atoms with Gasteiger partial charge in [0.15, 0.2) is 10.8 Å². The summed E-state index contributed by atoms with van der Waals surface area (Å²) in [5.74, 6) is 0.0935. The van der Waals surface area contributed by atoms with Crippen LogP contribution in [0.15, 0.2) is 65.5 Å². The third-order valence-electron chi connectivity index (χ3n) is 6.36. The van der Waals surface area contributed by atoms with Gasteiger partial charge < -0.3 is 10.0 Å². The van der Waals surface area contributed by atoms with Crippen molar-refractivity contribution in [3.8, 4) is 0 Å². The number of nitrogens with zero attached hydrogens (tertiary/aromatic N) is 5. The minimum absolute atomic E-state index is 0.101. The molecule has 11 heteroatoms. The van der Waals surface area contributed by atoms with Crippen molar-refractivity contribution >= 4 is 34.3 Å². The highest BCUT2D eigenvalue weighted by Gasteiger charge is 2.47. The first-order chi connectivity index (χ1) is 16.9. The van der Waals surface area contributed by atoms with E-state index in [4.69, 9.17) is 16.6 Å². The smallest absolute Gasteiger partial charge is 0.333 e. The number of fused-ring (bicyclic) bond motifs is 1. The van der Waals surface area contributed by atoms with Crippen LogP contribution < -0.4 is 0 Å². The van der Waals surface area contributed by atoms with E-state index < -0.39 is 23.8 Å². The van der Waals surface area contributed by atoms with Crippen molar-refractivity contribution in [1.82, 2.24) is 19.7 Å². The van der Waals surface area contributed by atoms with E-state index in [0.717, 1.165) is 5.70 Å². The Bertz CT molecular complexity index is 1320. The fourth-order valence-corrected chi connectivity index (χ4v) is 5.68. The van der Waals surface area contributed by atoms with Gasteiger partial charge in [0, 0.05) is 51.6 Å². The number of aliphatic hydroxyl groups excluding tert-OH is 1. The Morgan fingerprint density at radius 1 is 1.37 bits per heavy atom. The highest BCUT2D eigenvalue weighted by molar-refractivity contribution is 7.11. The summed E-state index contributed by atoms with van der Waals surface area (Å²) in [5, 5.41) is 16.9. The second-order valence-electron chi connectivity index (χ2n) is 8.62. The molecule has 1 aromatic carbocycles. The topological polar surface area (TPSA) is 66.5 Å². The molecule has 1 saturated heterocycles. The van der Waals surface area contributed by atoms with Crippen molar-refractivity contribution in [3.63, 3.8) is 0 Å². The monoisotopic (exact) mass is 519 g/mol. The SMILES string of the molecule is C=CC[C@@]1(CO)CC2=C(c3cnn(C(F)F)c3)[C@H](c3ccc(F)cc3Cl)N=C(c3nccs3)N2C1. The predicted molar refractivity (Wildman–Crippen MR) is 129 cm³/mol. The van der Waals surface area contributed by atoms with Crippen molar-refractivity contribution in [1.29, 1.82) is 0 Å². The minimum Gasteiger partial charge on any atom is -0.396 e. The maximum Gasteiger partial charge on any atom is 0.333 e. The maximum atomic E-state index is 13.9. The van der Waals surface area contributed by atoms with Gasteiger partial charge in [-0.25, -0.2) is 14.1 Å². The maximum absolute atomic E-state index is 13.9. The highest BCUT2D eigenvalue weighted by Crippen LogP contribution is 2.51. The first kappa shape index (κ1) is 23.8. The van der Waals surface area contributed by atoms with Gasteiger partial charge in [-0.1, -0.05) is 23.7 Å². The predicted octanol–water partition coefficient (Wildman–Crippen LogP) is 5.70. The van der Waals surface area contributed by atoms with Crippen molar-refractivity contribution in [2.45, 2.75) is 25.4 Å². The minimum atomic E-state index is -2.81. The Hall–Kier alpha value is -2.95. The molecule has 5 rings (SSSR count). The summed E-state index contributed by atoms with van der Waals surface area (Å²) >= 11 is 7.88. The largest absolute Gasteiger partial charge is 0.396 e. The number of hydrogen-bond donors (Lipinski definition) is 1. The van der Waals surface area contributed by atoms with Crippen LogP contribution in [0.3, 0.4) is 0 Å². The second-order valence-corrected chi connectivity index (χ2v) is 9.92. The molecule has 3 aromatic rings. The summed E-state index contributed by atoms with van der Waals surface area (Å²) < 4.78 is 41.3. The summed E-state index contributed by atoms with van der Waals surface area (Å²) in [5.41, 5.74) is 1.87. The van der Waals surface area contributed by atoms with Crippen LogP contribution in [0.1, 0.15) is 41.6 Å². The Labute approximate surface area is 208 Å². The van der Waals surface area contributed by atoms with Gasteiger partial charge in [-0.15, -0.1) is 17.9 Å². The molecule has 0 aliphatic carbocycles. The van der Waals surface area contributed by atoms with Crippen LogP contribution in [-0.4, -0.2) is 43.8 Å². The third kappa shape index (κ3) is 4.19. The lowest BCUT2D eigenvalue weighted by Gasteiger charge is -2.33. The molecule has 0 unspecified atom stereocenters. The molecule has 0 spiro atoms. The molecule has 35 heavy (non-hydrogen) atoms. The molecule has 1 N–H and O–H groups in total. The summed E-state index contributed by atoms with van der Waals surface area (Å²) in [7, 11) is 0. The molecule has 0 bridgehead atoms. The first-order valence-electron chi connectivity index (χ1n) is 10.8. The number of amidine groups is 1. The molecular weight excluding hydrogens is 499 g/mol. The number of allylic oxidation sites excluding steroid dienone is 2. The van der Waals surface area contributed by atoms with Crippen molar-refractivity contribution in [3.05, 3.63) is 87.5 Å². The van der Waals surface area contributed by atoms with E-state index in [2.05, 4.69) is 16.7 Å². The average molecular weight is 520 g/mol. The van der Waals surface area contributed by atoms with Crippen molar-refractivity contribution < 1.29 is 18.3 Å². The number of rotatable bonds is 7. The second kappa shape index (κ2) is 9.25. The van der Waals surface area contributed by atoms with E-state index >= 15 is 0 Å². The highest BCUT2D eigenvalue weighted by atomic mass is 35.5. The van der Waals surface area contributed by atoms with Gasteiger partial charge in [-0.05, 0) is 30.5 Å². The molecule has 182 valence electrons. The van der Waals surface area contributed by atoms with Gasteiger partial charge in [0.25, 0.3) is 0 Å².